The number of halogens is 1. The zero-order chi connectivity index (χ0) is 22.9. The quantitative estimate of drug-likeness (QED) is 0.284. The van der Waals surface area contributed by atoms with Crippen molar-refractivity contribution >= 4 is 45.0 Å². The van der Waals surface area contributed by atoms with Gasteiger partial charge >= 0.3 is 0 Å². The highest BCUT2D eigenvalue weighted by Crippen LogP contribution is 2.36. The molecular weight excluding hydrogens is 461 g/mol. The fourth-order valence-corrected chi connectivity index (χ4v) is 5.44. The number of rotatable bonds is 7. The molecule has 5 rings (SSSR count). The SMILES string of the molecule is CCC(=O)N(c1nnc(SCc2nc3ccccc3c(=O)n2-c2ccc(F)cc2)s1)C1CC1. The van der Waals surface area contributed by atoms with Gasteiger partial charge in [-0.3, -0.25) is 19.1 Å². The van der Waals surface area contributed by atoms with Crippen LogP contribution in [0.1, 0.15) is 32.0 Å². The summed E-state index contributed by atoms with van der Waals surface area (Å²) in [6.45, 7) is 1.84. The lowest BCUT2D eigenvalue weighted by molar-refractivity contribution is -0.118. The van der Waals surface area contributed by atoms with Crippen LogP contribution in [0.25, 0.3) is 16.6 Å². The van der Waals surface area contributed by atoms with Crippen LogP contribution in [-0.4, -0.2) is 31.7 Å². The lowest BCUT2D eigenvalue weighted by Crippen LogP contribution is -2.32. The Morgan fingerprint density at radius 2 is 1.94 bits per heavy atom. The molecule has 33 heavy (non-hydrogen) atoms. The highest BCUT2D eigenvalue weighted by Gasteiger charge is 2.35. The van der Waals surface area contributed by atoms with E-state index in [-0.39, 0.29) is 23.3 Å². The average molecular weight is 482 g/mol. The summed E-state index contributed by atoms with van der Waals surface area (Å²) in [5, 5.41) is 9.59. The van der Waals surface area contributed by atoms with E-state index in [1.165, 1.54) is 39.8 Å². The summed E-state index contributed by atoms with van der Waals surface area (Å²) in [6, 6.07) is 13.1. The van der Waals surface area contributed by atoms with Gasteiger partial charge in [0, 0.05) is 12.5 Å². The lowest BCUT2D eigenvalue weighted by atomic mass is 10.2. The van der Waals surface area contributed by atoms with Crippen molar-refractivity contribution < 1.29 is 9.18 Å². The Balaban J connectivity index is 1.47. The maximum absolute atomic E-state index is 13.5. The summed E-state index contributed by atoms with van der Waals surface area (Å²) in [6.07, 6.45) is 2.39. The normalized spacial score (nSPS) is 13.4. The summed E-state index contributed by atoms with van der Waals surface area (Å²) < 4.78 is 15.7. The molecule has 10 heteroatoms. The fraction of sp³-hybridized carbons (Fsp3) is 0.261. The second-order valence-corrected chi connectivity index (χ2v) is 9.83. The first kappa shape index (κ1) is 21.7. The number of amides is 1. The van der Waals surface area contributed by atoms with Crippen LogP contribution in [0.15, 0.2) is 57.7 Å². The van der Waals surface area contributed by atoms with Gasteiger partial charge in [-0.1, -0.05) is 42.2 Å². The molecule has 0 spiro atoms. The predicted octanol–water partition coefficient (Wildman–Crippen LogP) is 4.57. The fourth-order valence-electron chi connectivity index (χ4n) is 3.59. The molecule has 0 bridgehead atoms. The van der Waals surface area contributed by atoms with Gasteiger partial charge in [-0.05, 0) is 49.2 Å². The summed E-state index contributed by atoms with van der Waals surface area (Å²) in [5.74, 6) is 0.555. The number of carbonyl (C=O) groups excluding carboxylic acids is 1. The van der Waals surface area contributed by atoms with E-state index in [1.54, 1.807) is 35.2 Å². The molecule has 7 nitrogen and oxygen atoms in total. The maximum atomic E-state index is 13.5. The Hall–Kier alpha value is -3.11. The Kier molecular flexibility index (Phi) is 5.94. The van der Waals surface area contributed by atoms with Crippen LogP contribution in [0.2, 0.25) is 0 Å². The van der Waals surface area contributed by atoms with Crippen LogP contribution in [0, 0.1) is 5.82 Å². The van der Waals surface area contributed by atoms with Crippen LogP contribution >= 0.6 is 23.1 Å². The maximum Gasteiger partial charge on any atom is 0.265 e. The van der Waals surface area contributed by atoms with Crippen molar-refractivity contribution in [3.05, 3.63) is 70.5 Å². The third-order valence-electron chi connectivity index (χ3n) is 5.34. The predicted molar refractivity (Wildman–Crippen MR) is 128 cm³/mol. The van der Waals surface area contributed by atoms with Gasteiger partial charge in [0.2, 0.25) is 11.0 Å². The summed E-state index contributed by atoms with van der Waals surface area (Å²) in [5.41, 5.74) is 0.929. The molecule has 0 atom stereocenters. The zero-order valence-corrected chi connectivity index (χ0v) is 19.4. The molecule has 0 aliphatic heterocycles. The number of benzene rings is 2. The van der Waals surface area contributed by atoms with Gasteiger partial charge in [0.1, 0.15) is 11.6 Å². The first-order valence-corrected chi connectivity index (χ1v) is 12.4. The van der Waals surface area contributed by atoms with Crippen LogP contribution in [0.5, 0.6) is 0 Å². The molecule has 2 heterocycles. The molecule has 2 aromatic carbocycles. The molecule has 2 aromatic heterocycles. The number of hydrogen-bond donors (Lipinski definition) is 0. The van der Waals surface area contributed by atoms with E-state index < -0.39 is 0 Å². The average Bonchev–Trinajstić information content (AvgIpc) is 3.55. The third kappa shape index (κ3) is 4.40. The summed E-state index contributed by atoms with van der Waals surface area (Å²) >= 11 is 2.77. The molecule has 168 valence electrons. The molecule has 0 radical (unpaired) electrons. The first-order chi connectivity index (χ1) is 16.0. The monoisotopic (exact) mass is 481 g/mol. The van der Waals surface area contributed by atoms with E-state index in [9.17, 15) is 14.0 Å². The minimum absolute atomic E-state index is 0.0477. The second-order valence-electron chi connectivity index (χ2n) is 7.65. The van der Waals surface area contributed by atoms with E-state index in [0.29, 0.717) is 44.1 Å². The van der Waals surface area contributed by atoms with E-state index in [2.05, 4.69) is 10.2 Å². The topological polar surface area (TPSA) is 81.0 Å². The number of fused-ring (bicyclic) bond motifs is 1. The molecule has 0 N–H and O–H groups in total. The Morgan fingerprint density at radius 1 is 1.18 bits per heavy atom. The van der Waals surface area contributed by atoms with Gasteiger partial charge in [-0.15, -0.1) is 10.2 Å². The van der Waals surface area contributed by atoms with Gasteiger partial charge < -0.3 is 0 Å². The van der Waals surface area contributed by atoms with Gasteiger partial charge in [-0.25, -0.2) is 9.37 Å². The van der Waals surface area contributed by atoms with Crippen LogP contribution in [0.4, 0.5) is 9.52 Å². The highest BCUT2D eigenvalue weighted by molar-refractivity contribution is 8.00. The van der Waals surface area contributed by atoms with Gasteiger partial charge in [0.15, 0.2) is 4.34 Å². The molecule has 1 amide bonds. The van der Waals surface area contributed by atoms with Crippen molar-refractivity contribution in [2.45, 2.75) is 42.3 Å². The smallest absolute Gasteiger partial charge is 0.265 e. The Labute approximate surface area is 197 Å². The largest absolute Gasteiger partial charge is 0.284 e. The standard InChI is InChI=1S/C23H20FN5O2S2/c1-2-20(30)29(16-11-12-16)22-26-27-23(33-22)32-13-19-25-18-6-4-3-5-17(18)21(31)28(19)15-9-7-14(24)8-10-15/h3-10,16H,2,11-13H2,1H3. The first-order valence-electron chi connectivity index (χ1n) is 10.6. The van der Waals surface area contributed by atoms with Crippen molar-refractivity contribution in [2.75, 3.05) is 4.90 Å². The van der Waals surface area contributed by atoms with Crippen molar-refractivity contribution in [1.29, 1.82) is 0 Å². The minimum Gasteiger partial charge on any atom is -0.284 e. The lowest BCUT2D eigenvalue weighted by Gasteiger charge is -2.17. The van der Waals surface area contributed by atoms with E-state index >= 15 is 0 Å². The number of para-hydroxylation sites is 1. The Morgan fingerprint density at radius 3 is 2.67 bits per heavy atom. The molecule has 1 saturated carbocycles. The number of aromatic nitrogens is 4. The van der Waals surface area contributed by atoms with Crippen LogP contribution < -0.4 is 10.5 Å². The van der Waals surface area contributed by atoms with Crippen LogP contribution in [-0.2, 0) is 10.5 Å². The molecule has 4 aromatic rings. The molecule has 0 saturated heterocycles. The molecule has 1 fully saturated rings. The van der Waals surface area contributed by atoms with E-state index in [4.69, 9.17) is 4.98 Å². The summed E-state index contributed by atoms with van der Waals surface area (Å²) in [7, 11) is 0. The Bertz CT molecular complexity index is 1380. The summed E-state index contributed by atoms with van der Waals surface area (Å²) in [4.78, 5) is 32.1. The number of anilines is 1. The molecule has 1 aliphatic rings. The van der Waals surface area contributed by atoms with Crippen LogP contribution in [0.3, 0.4) is 0 Å². The van der Waals surface area contributed by atoms with Crippen molar-refractivity contribution in [3.63, 3.8) is 0 Å². The van der Waals surface area contributed by atoms with Gasteiger partial charge in [-0.2, -0.15) is 0 Å². The second kappa shape index (κ2) is 9.03. The number of hydrogen-bond acceptors (Lipinski definition) is 7. The molecular formula is C23H20FN5O2S2. The minimum atomic E-state index is -0.375. The number of thioether (sulfide) groups is 1. The number of carbonyl (C=O) groups is 1. The zero-order valence-electron chi connectivity index (χ0n) is 17.8. The van der Waals surface area contributed by atoms with E-state index in [1.807, 2.05) is 13.0 Å². The molecule has 0 unspecified atom stereocenters. The highest BCUT2D eigenvalue weighted by atomic mass is 32.2. The van der Waals surface area contributed by atoms with Gasteiger partial charge in [0.05, 0.1) is 22.3 Å². The van der Waals surface area contributed by atoms with E-state index in [0.717, 1.165) is 12.8 Å². The van der Waals surface area contributed by atoms with Gasteiger partial charge in [0.25, 0.3) is 5.56 Å². The van der Waals surface area contributed by atoms with Crippen molar-refractivity contribution in [2.24, 2.45) is 0 Å². The van der Waals surface area contributed by atoms with Crippen molar-refractivity contribution in [3.8, 4) is 5.69 Å². The third-order valence-corrected chi connectivity index (χ3v) is 7.39. The van der Waals surface area contributed by atoms with Crippen molar-refractivity contribution in [1.82, 2.24) is 19.7 Å². The number of nitrogens with zero attached hydrogens (tertiary/aromatic N) is 5. The molecule has 1 aliphatic carbocycles.